The summed E-state index contributed by atoms with van der Waals surface area (Å²) in [4.78, 5) is 2.56. The Morgan fingerprint density at radius 1 is 1.42 bits per heavy atom. The molecule has 0 saturated carbocycles. The van der Waals surface area contributed by atoms with E-state index in [0.717, 1.165) is 12.5 Å². The Morgan fingerprint density at radius 2 is 2.00 bits per heavy atom. The lowest BCUT2D eigenvalue weighted by Crippen LogP contribution is -2.44. The molecule has 2 nitrogen and oxygen atoms in total. The summed E-state index contributed by atoms with van der Waals surface area (Å²) in [5, 5.41) is 0. The minimum atomic E-state index is 0.637. The van der Waals surface area contributed by atoms with Crippen molar-refractivity contribution in [2.75, 3.05) is 19.6 Å². The molecule has 1 fully saturated rings. The summed E-state index contributed by atoms with van der Waals surface area (Å²) in [6.07, 6.45) is 3.91. The number of piperidine rings is 1. The fraction of sp³-hybridized carbons (Fsp3) is 1.00. The molecule has 0 unspecified atom stereocenters. The standard InChI is InChI=1S/C10H22N2/c1-3-10(8-11)12-6-4-9(2)5-7-12/h9-10H,3-8,11H2,1-2H3/t10-/m1/s1. The van der Waals surface area contributed by atoms with Crippen LogP contribution in [0.4, 0.5) is 0 Å². The minimum absolute atomic E-state index is 0.637. The molecule has 0 aromatic rings. The zero-order chi connectivity index (χ0) is 8.97. The van der Waals surface area contributed by atoms with Gasteiger partial charge in [0, 0.05) is 12.6 Å². The topological polar surface area (TPSA) is 29.3 Å². The van der Waals surface area contributed by atoms with E-state index < -0.39 is 0 Å². The van der Waals surface area contributed by atoms with E-state index in [1.807, 2.05) is 0 Å². The second-order valence-electron chi connectivity index (χ2n) is 4.02. The van der Waals surface area contributed by atoms with Crippen molar-refractivity contribution in [3.63, 3.8) is 0 Å². The highest BCUT2D eigenvalue weighted by atomic mass is 15.2. The maximum absolute atomic E-state index is 5.71. The van der Waals surface area contributed by atoms with Gasteiger partial charge in [-0.15, -0.1) is 0 Å². The van der Waals surface area contributed by atoms with Crippen molar-refractivity contribution in [3.05, 3.63) is 0 Å². The van der Waals surface area contributed by atoms with E-state index in [9.17, 15) is 0 Å². The fourth-order valence-corrected chi connectivity index (χ4v) is 1.97. The summed E-state index contributed by atoms with van der Waals surface area (Å²) < 4.78 is 0. The van der Waals surface area contributed by atoms with Crippen LogP contribution in [-0.2, 0) is 0 Å². The van der Waals surface area contributed by atoms with E-state index in [0.29, 0.717) is 6.04 Å². The Bertz CT molecular complexity index is 113. The third-order valence-electron chi connectivity index (χ3n) is 3.08. The van der Waals surface area contributed by atoms with Crippen molar-refractivity contribution in [3.8, 4) is 0 Å². The number of hydrogen-bond donors (Lipinski definition) is 1. The lowest BCUT2D eigenvalue weighted by molar-refractivity contribution is 0.138. The SMILES string of the molecule is CC[C@H](CN)N1CCC(C)CC1. The molecular weight excluding hydrogens is 148 g/mol. The van der Waals surface area contributed by atoms with Crippen molar-refractivity contribution < 1.29 is 0 Å². The van der Waals surface area contributed by atoms with E-state index in [4.69, 9.17) is 5.73 Å². The molecule has 0 spiro atoms. The van der Waals surface area contributed by atoms with Gasteiger partial charge in [0.2, 0.25) is 0 Å². The molecule has 1 atom stereocenters. The molecule has 1 heterocycles. The molecule has 12 heavy (non-hydrogen) atoms. The first-order valence-electron chi connectivity index (χ1n) is 5.22. The summed E-state index contributed by atoms with van der Waals surface area (Å²) in [6.45, 7) is 7.93. The molecule has 0 aliphatic carbocycles. The first-order valence-corrected chi connectivity index (χ1v) is 5.22. The van der Waals surface area contributed by atoms with Gasteiger partial charge in [0.25, 0.3) is 0 Å². The fourth-order valence-electron chi connectivity index (χ4n) is 1.97. The predicted molar refractivity (Wildman–Crippen MR) is 53.1 cm³/mol. The van der Waals surface area contributed by atoms with E-state index in [2.05, 4.69) is 18.7 Å². The van der Waals surface area contributed by atoms with Crippen molar-refractivity contribution in [1.29, 1.82) is 0 Å². The maximum atomic E-state index is 5.71. The normalized spacial score (nSPS) is 24.2. The lowest BCUT2D eigenvalue weighted by atomic mass is 9.97. The third-order valence-corrected chi connectivity index (χ3v) is 3.08. The second kappa shape index (κ2) is 4.83. The van der Waals surface area contributed by atoms with Crippen LogP contribution in [0.1, 0.15) is 33.1 Å². The van der Waals surface area contributed by atoms with Crippen molar-refractivity contribution >= 4 is 0 Å². The second-order valence-corrected chi connectivity index (χ2v) is 4.02. The largest absolute Gasteiger partial charge is 0.329 e. The van der Waals surface area contributed by atoms with Crippen LogP contribution in [0.15, 0.2) is 0 Å². The molecule has 0 aromatic carbocycles. The highest BCUT2D eigenvalue weighted by Crippen LogP contribution is 2.18. The molecule has 72 valence electrons. The van der Waals surface area contributed by atoms with Gasteiger partial charge in [-0.3, -0.25) is 4.90 Å². The smallest absolute Gasteiger partial charge is 0.0215 e. The summed E-state index contributed by atoms with van der Waals surface area (Å²) in [7, 11) is 0. The molecule has 2 N–H and O–H groups in total. The van der Waals surface area contributed by atoms with Crippen LogP contribution in [0.2, 0.25) is 0 Å². The maximum Gasteiger partial charge on any atom is 0.0215 e. The summed E-state index contributed by atoms with van der Waals surface area (Å²) >= 11 is 0. The quantitative estimate of drug-likeness (QED) is 0.694. The Kier molecular flexibility index (Phi) is 4.02. The first kappa shape index (κ1) is 10.0. The van der Waals surface area contributed by atoms with Gasteiger partial charge in [-0.1, -0.05) is 13.8 Å². The molecule has 2 heteroatoms. The highest BCUT2D eigenvalue weighted by Gasteiger charge is 2.20. The zero-order valence-corrected chi connectivity index (χ0v) is 8.42. The Morgan fingerprint density at radius 3 is 2.42 bits per heavy atom. The Labute approximate surface area is 76.1 Å². The van der Waals surface area contributed by atoms with E-state index in [1.165, 1.54) is 32.4 Å². The molecule has 0 aromatic heterocycles. The van der Waals surface area contributed by atoms with Crippen LogP contribution in [0.25, 0.3) is 0 Å². The third kappa shape index (κ3) is 2.46. The minimum Gasteiger partial charge on any atom is -0.329 e. The lowest BCUT2D eigenvalue weighted by Gasteiger charge is -2.35. The van der Waals surface area contributed by atoms with Gasteiger partial charge in [0.1, 0.15) is 0 Å². The molecular formula is C10H22N2. The number of likely N-dealkylation sites (tertiary alicyclic amines) is 1. The van der Waals surface area contributed by atoms with Crippen LogP contribution in [0, 0.1) is 5.92 Å². The van der Waals surface area contributed by atoms with Crippen LogP contribution < -0.4 is 5.73 Å². The average molecular weight is 170 g/mol. The van der Waals surface area contributed by atoms with E-state index in [1.54, 1.807) is 0 Å². The van der Waals surface area contributed by atoms with Crippen LogP contribution in [0.3, 0.4) is 0 Å². The molecule has 1 aliphatic heterocycles. The molecule has 0 amide bonds. The summed E-state index contributed by atoms with van der Waals surface area (Å²) in [5.41, 5.74) is 5.71. The molecule has 1 saturated heterocycles. The summed E-state index contributed by atoms with van der Waals surface area (Å²) in [6, 6.07) is 0.637. The monoisotopic (exact) mass is 170 g/mol. The number of nitrogens with zero attached hydrogens (tertiary/aromatic N) is 1. The van der Waals surface area contributed by atoms with Gasteiger partial charge in [0.15, 0.2) is 0 Å². The van der Waals surface area contributed by atoms with Gasteiger partial charge >= 0.3 is 0 Å². The highest BCUT2D eigenvalue weighted by molar-refractivity contribution is 4.76. The first-order chi connectivity index (χ1) is 5.77. The Balaban J connectivity index is 2.32. The zero-order valence-electron chi connectivity index (χ0n) is 8.42. The van der Waals surface area contributed by atoms with Gasteiger partial charge in [0.05, 0.1) is 0 Å². The number of nitrogens with two attached hydrogens (primary N) is 1. The molecule has 1 rings (SSSR count). The van der Waals surface area contributed by atoms with E-state index in [-0.39, 0.29) is 0 Å². The summed E-state index contributed by atoms with van der Waals surface area (Å²) in [5.74, 6) is 0.927. The molecule has 0 radical (unpaired) electrons. The average Bonchev–Trinajstić information content (AvgIpc) is 2.10. The molecule has 1 aliphatic rings. The van der Waals surface area contributed by atoms with Gasteiger partial charge in [-0.25, -0.2) is 0 Å². The number of hydrogen-bond acceptors (Lipinski definition) is 2. The number of rotatable bonds is 3. The van der Waals surface area contributed by atoms with E-state index >= 15 is 0 Å². The van der Waals surface area contributed by atoms with Crippen molar-refractivity contribution in [1.82, 2.24) is 4.90 Å². The van der Waals surface area contributed by atoms with Crippen LogP contribution in [-0.4, -0.2) is 30.6 Å². The van der Waals surface area contributed by atoms with Crippen LogP contribution in [0.5, 0.6) is 0 Å². The predicted octanol–water partition coefficient (Wildman–Crippen LogP) is 1.46. The van der Waals surface area contributed by atoms with Gasteiger partial charge in [-0.05, 0) is 38.3 Å². The van der Waals surface area contributed by atoms with Gasteiger partial charge in [-0.2, -0.15) is 0 Å². The van der Waals surface area contributed by atoms with Crippen molar-refractivity contribution in [2.24, 2.45) is 11.7 Å². The Hall–Kier alpha value is -0.0800. The molecule has 0 bridgehead atoms. The van der Waals surface area contributed by atoms with Crippen molar-refractivity contribution in [2.45, 2.75) is 39.2 Å². The van der Waals surface area contributed by atoms with Crippen LogP contribution >= 0.6 is 0 Å². The van der Waals surface area contributed by atoms with Gasteiger partial charge < -0.3 is 5.73 Å².